The molecule has 0 aliphatic heterocycles. The summed E-state index contributed by atoms with van der Waals surface area (Å²) in [6, 6.07) is 9.82. The van der Waals surface area contributed by atoms with Crippen LogP contribution in [0.2, 0.25) is 0 Å². The van der Waals surface area contributed by atoms with Crippen molar-refractivity contribution in [3.05, 3.63) is 48.2 Å². The number of hydrogen-bond donors (Lipinski definition) is 2. The number of nitrogens with zero attached hydrogens (tertiary/aromatic N) is 2. The number of anilines is 1. The van der Waals surface area contributed by atoms with Crippen molar-refractivity contribution in [2.24, 2.45) is 10.7 Å². The van der Waals surface area contributed by atoms with Crippen LogP contribution in [0.15, 0.2) is 47.5 Å². The second-order valence-corrected chi connectivity index (χ2v) is 5.04. The van der Waals surface area contributed by atoms with Gasteiger partial charge >= 0.3 is 6.36 Å². The maximum Gasteiger partial charge on any atom is 0.573 e. The molecule has 0 radical (unpaired) electrons. The number of aromatic nitrogens is 1. The normalized spacial score (nSPS) is 11.7. The predicted octanol–water partition coefficient (Wildman–Crippen LogP) is 4.17. The Morgan fingerprint density at radius 3 is 2.54 bits per heavy atom. The fourth-order valence-corrected chi connectivity index (χ4v) is 1.90. The van der Waals surface area contributed by atoms with E-state index in [0.29, 0.717) is 5.69 Å². The van der Waals surface area contributed by atoms with Crippen molar-refractivity contribution in [3.63, 3.8) is 0 Å². The number of rotatable bonds is 7. The van der Waals surface area contributed by atoms with E-state index in [0.717, 1.165) is 6.07 Å². The Kier molecular flexibility index (Phi) is 9.15. The lowest BCUT2D eigenvalue weighted by Crippen LogP contribution is -2.24. The van der Waals surface area contributed by atoms with Crippen LogP contribution >= 0.6 is 24.0 Å². The van der Waals surface area contributed by atoms with Crippen LogP contribution in [0.4, 0.5) is 27.6 Å². The summed E-state index contributed by atoms with van der Waals surface area (Å²) in [7, 11) is 0. The van der Waals surface area contributed by atoms with E-state index in [1.165, 1.54) is 30.3 Å². The SMILES string of the molecule is I.NC(=NCc1cccc(OCC(F)F)n1)Nc1ccccc1OC(F)(F)F. The molecular formula is C16H16F5IN4O2. The van der Waals surface area contributed by atoms with Crippen molar-refractivity contribution in [2.75, 3.05) is 11.9 Å². The molecule has 6 nitrogen and oxygen atoms in total. The maximum absolute atomic E-state index is 12.4. The first-order valence-corrected chi connectivity index (χ1v) is 7.51. The molecule has 0 aliphatic rings. The zero-order valence-corrected chi connectivity index (χ0v) is 16.4. The molecule has 1 aromatic heterocycles. The van der Waals surface area contributed by atoms with Gasteiger partial charge in [-0.25, -0.2) is 18.8 Å². The van der Waals surface area contributed by atoms with E-state index in [4.69, 9.17) is 10.5 Å². The summed E-state index contributed by atoms with van der Waals surface area (Å²) in [6.45, 7) is -0.841. The summed E-state index contributed by atoms with van der Waals surface area (Å²) in [4.78, 5) is 7.91. The summed E-state index contributed by atoms with van der Waals surface area (Å²) in [5, 5.41) is 2.50. The van der Waals surface area contributed by atoms with Gasteiger partial charge in [0.1, 0.15) is 0 Å². The zero-order chi connectivity index (χ0) is 19.9. The second kappa shape index (κ2) is 10.8. The lowest BCUT2D eigenvalue weighted by Gasteiger charge is -2.14. The van der Waals surface area contributed by atoms with Crippen LogP contribution in [-0.4, -0.2) is 30.3 Å². The number of guanidine groups is 1. The second-order valence-electron chi connectivity index (χ2n) is 5.04. The number of nitrogens with one attached hydrogen (secondary N) is 1. The van der Waals surface area contributed by atoms with Crippen LogP contribution in [0.5, 0.6) is 11.6 Å². The fourth-order valence-electron chi connectivity index (χ4n) is 1.90. The Balaban J connectivity index is 0.00000392. The standard InChI is InChI=1S/C16H15F5N4O2.HI/c17-13(18)9-26-14-7-3-4-10(24-14)8-23-15(22)25-11-5-1-2-6-12(11)27-16(19,20)21;/h1-7,13H,8-9H2,(H3,22,23,25);1H. The van der Waals surface area contributed by atoms with E-state index in [1.54, 1.807) is 6.07 Å². The number of pyridine rings is 1. The van der Waals surface area contributed by atoms with Crippen molar-refractivity contribution < 1.29 is 31.4 Å². The number of alkyl halides is 5. The molecular weight excluding hydrogens is 502 g/mol. The molecule has 2 rings (SSSR count). The molecule has 0 saturated heterocycles. The number of ether oxygens (including phenoxy) is 2. The highest BCUT2D eigenvalue weighted by molar-refractivity contribution is 14.0. The third kappa shape index (κ3) is 8.54. The van der Waals surface area contributed by atoms with Crippen molar-refractivity contribution in [1.29, 1.82) is 0 Å². The highest BCUT2D eigenvalue weighted by atomic mass is 127. The molecule has 3 N–H and O–H groups in total. The third-order valence-corrected chi connectivity index (χ3v) is 2.93. The minimum absolute atomic E-state index is 0. The predicted molar refractivity (Wildman–Crippen MR) is 103 cm³/mol. The number of aliphatic imine (C=N–C) groups is 1. The van der Waals surface area contributed by atoms with Gasteiger partial charge in [-0.05, 0) is 18.2 Å². The van der Waals surface area contributed by atoms with Gasteiger partial charge in [0.2, 0.25) is 5.88 Å². The summed E-state index contributed by atoms with van der Waals surface area (Å²) >= 11 is 0. The Morgan fingerprint density at radius 1 is 1.14 bits per heavy atom. The van der Waals surface area contributed by atoms with E-state index in [2.05, 4.69) is 20.0 Å². The quantitative estimate of drug-likeness (QED) is 0.249. The highest BCUT2D eigenvalue weighted by Crippen LogP contribution is 2.29. The first kappa shape index (κ1) is 23.7. The third-order valence-electron chi connectivity index (χ3n) is 2.93. The van der Waals surface area contributed by atoms with Crippen LogP contribution in [0.1, 0.15) is 5.69 Å². The van der Waals surface area contributed by atoms with Crippen LogP contribution in [-0.2, 0) is 6.54 Å². The Morgan fingerprint density at radius 2 is 1.86 bits per heavy atom. The molecule has 154 valence electrons. The molecule has 0 amide bonds. The smallest absolute Gasteiger partial charge is 0.472 e. The van der Waals surface area contributed by atoms with Gasteiger partial charge in [-0.1, -0.05) is 18.2 Å². The number of hydrogen-bond acceptors (Lipinski definition) is 4. The lowest BCUT2D eigenvalue weighted by atomic mass is 10.3. The largest absolute Gasteiger partial charge is 0.573 e. The van der Waals surface area contributed by atoms with Gasteiger partial charge in [-0.15, -0.1) is 37.1 Å². The van der Waals surface area contributed by atoms with E-state index < -0.39 is 25.1 Å². The van der Waals surface area contributed by atoms with Crippen LogP contribution in [0.25, 0.3) is 0 Å². The van der Waals surface area contributed by atoms with E-state index in [9.17, 15) is 22.0 Å². The highest BCUT2D eigenvalue weighted by Gasteiger charge is 2.32. The van der Waals surface area contributed by atoms with E-state index in [-0.39, 0.29) is 48.0 Å². The van der Waals surface area contributed by atoms with Gasteiger partial charge in [0, 0.05) is 6.07 Å². The summed E-state index contributed by atoms with van der Waals surface area (Å²) in [5.74, 6) is -0.656. The van der Waals surface area contributed by atoms with Crippen LogP contribution < -0.4 is 20.5 Å². The topological polar surface area (TPSA) is 81.8 Å². The van der Waals surface area contributed by atoms with E-state index >= 15 is 0 Å². The molecule has 28 heavy (non-hydrogen) atoms. The molecule has 1 aromatic carbocycles. The summed E-state index contributed by atoms with van der Waals surface area (Å²) in [5.41, 5.74) is 6.00. The van der Waals surface area contributed by atoms with Crippen molar-refractivity contribution >= 4 is 35.6 Å². The van der Waals surface area contributed by atoms with Gasteiger partial charge in [0.05, 0.1) is 17.9 Å². The average Bonchev–Trinajstić information content (AvgIpc) is 2.59. The molecule has 0 aliphatic carbocycles. The fraction of sp³-hybridized carbons (Fsp3) is 0.250. The van der Waals surface area contributed by atoms with E-state index in [1.807, 2.05) is 0 Å². The maximum atomic E-state index is 12.4. The molecule has 12 heteroatoms. The molecule has 0 spiro atoms. The van der Waals surface area contributed by atoms with Gasteiger partial charge in [-0.3, -0.25) is 0 Å². The summed E-state index contributed by atoms with van der Waals surface area (Å²) in [6.07, 6.45) is -7.49. The molecule has 1 heterocycles. The molecule has 0 saturated carbocycles. The molecule has 0 atom stereocenters. The first-order chi connectivity index (χ1) is 12.7. The van der Waals surface area contributed by atoms with Gasteiger partial charge in [0.25, 0.3) is 6.43 Å². The van der Waals surface area contributed by atoms with Gasteiger partial charge in [-0.2, -0.15) is 0 Å². The Hall–Kier alpha value is -2.38. The molecule has 0 bridgehead atoms. The monoisotopic (exact) mass is 518 g/mol. The number of benzene rings is 1. The van der Waals surface area contributed by atoms with Crippen molar-refractivity contribution in [1.82, 2.24) is 4.98 Å². The number of para-hydroxylation sites is 2. The first-order valence-electron chi connectivity index (χ1n) is 7.51. The van der Waals surface area contributed by atoms with Crippen LogP contribution in [0.3, 0.4) is 0 Å². The zero-order valence-electron chi connectivity index (χ0n) is 14.1. The van der Waals surface area contributed by atoms with Crippen LogP contribution in [0, 0.1) is 0 Å². The molecule has 2 aromatic rings. The van der Waals surface area contributed by atoms with Gasteiger partial charge in [0.15, 0.2) is 18.3 Å². The van der Waals surface area contributed by atoms with Crippen molar-refractivity contribution in [3.8, 4) is 11.6 Å². The van der Waals surface area contributed by atoms with Crippen molar-refractivity contribution in [2.45, 2.75) is 19.3 Å². The number of halogens is 6. The minimum Gasteiger partial charge on any atom is -0.472 e. The Bertz CT molecular complexity index is 790. The molecule has 0 unspecified atom stereocenters. The average molecular weight is 518 g/mol. The minimum atomic E-state index is -4.85. The molecule has 0 fully saturated rings. The number of nitrogens with two attached hydrogens (primary N) is 1. The summed E-state index contributed by atoms with van der Waals surface area (Å²) < 4.78 is 70.2. The lowest BCUT2D eigenvalue weighted by molar-refractivity contribution is -0.274. The Labute approximate surface area is 174 Å². The van der Waals surface area contributed by atoms with Gasteiger partial charge < -0.3 is 20.5 Å².